The number of amides is 1. The summed E-state index contributed by atoms with van der Waals surface area (Å²) >= 11 is 0. The van der Waals surface area contributed by atoms with Crippen LogP contribution in [0.1, 0.15) is 49.4 Å². The first-order chi connectivity index (χ1) is 15.1. The Morgan fingerprint density at radius 3 is 2.71 bits per heavy atom. The fraction of sp³-hybridized carbons (Fsp3) is 0.333. The molecule has 1 aliphatic heterocycles. The van der Waals surface area contributed by atoms with E-state index in [2.05, 4.69) is 12.2 Å². The maximum atomic E-state index is 12.6. The van der Waals surface area contributed by atoms with Crippen LogP contribution in [0.2, 0.25) is 0 Å². The third-order valence-corrected chi connectivity index (χ3v) is 4.79. The molecule has 1 heterocycles. The Morgan fingerprint density at radius 1 is 1.16 bits per heavy atom. The zero-order chi connectivity index (χ0) is 22.1. The van der Waals surface area contributed by atoms with Gasteiger partial charge < -0.3 is 24.6 Å². The van der Waals surface area contributed by atoms with E-state index in [0.29, 0.717) is 22.7 Å². The highest BCUT2D eigenvalue weighted by atomic mass is 16.6. The number of hydrogen-bond donors (Lipinski definition) is 2. The lowest BCUT2D eigenvalue weighted by molar-refractivity contribution is -0.147. The second kappa shape index (κ2) is 11.1. The van der Waals surface area contributed by atoms with E-state index < -0.39 is 12.1 Å². The van der Waals surface area contributed by atoms with Crippen molar-refractivity contribution in [3.8, 4) is 17.2 Å². The molecule has 1 atom stereocenters. The molecule has 0 fully saturated rings. The van der Waals surface area contributed by atoms with Crippen LogP contribution in [0, 0.1) is 0 Å². The number of allylic oxidation sites excluding steroid dienone is 1. The molecule has 164 valence electrons. The van der Waals surface area contributed by atoms with Crippen molar-refractivity contribution in [2.75, 3.05) is 11.9 Å². The summed E-state index contributed by atoms with van der Waals surface area (Å²) in [6.07, 6.45) is 8.38. The summed E-state index contributed by atoms with van der Waals surface area (Å²) in [4.78, 5) is 23.8. The van der Waals surface area contributed by atoms with Crippen LogP contribution in [0.25, 0.3) is 0 Å². The molecule has 2 aromatic carbocycles. The lowest BCUT2D eigenvalue weighted by atomic mass is 10.1. The number of para-hydroxylation sites is 1. The first-order valence-electron chi connectivity index (χ1n) is 10.5. The largest absolute Gasteiger partial charge is 0.485 e. The first-order valence-corrected chi connectivity index (χ1v) is 10.5. The standard InChI is InChI=1S/C24H27NO6/c1-2-3-4-5-6-7-15-29-18-13-11-17(12-14-18)23(26)25-19-9-8-10-20-22(19)31-21(16-30-20)24(27)28/h7-15,21H,2-6,16H2,1H3,(H,25,26)(H,27,28). The van der Waals surface area contributed by atoms with Crippen LogP contribution in [0.5, 0.6) is 17.2 Å². The molecule has 1 amide bonds. The molecule has 0 saturated carbocycles. The lowest BCUT2D eigenvalue weighted by Crippen LogP contribution is -2.36. The average Bonchev–Trinajstić information content (AvgIpc) is 2.78. The van der Waals surface area contributed by atoms with Crippen molar-refractivity contribution in [3.05, 3.63) is 60.4 Å². The molecular weight excluding hydrogens is 398 g/mol. The first kappa shape index (κ1) is 22.2. The monoisotopic (exact) mass is 425 g/mol. The number of fused-ring (bicyclic) bond motifs is 1. The number of carboxylic acids is 1. The molecule has 3 rings (SSSR count). The second-order valence-corrected chi connectivity index (χ2v) is 7.21. The highest BCUT2D eigenvalue weighted by Crippen LogP contribution is 2.39. The minimum Gasteiger partial charge on any atom is -0.485 e. The van der Waals surface area contributed by atoms with Crippen molar-refractivity contribution in [2.45, 2.75) is 45.1 Å². The van der Waals surface area contributed by atoms with Crippen LogP contribution in [0.15, 0.2) is 54.8 Å². The van der Waals surface area contributed by atoms with Crippen LogP contribution < -0.4 is 19.5 Å². The van der Waals surface area contributed by atoms with Gasteiger partial charge in [-0.25, -0.2) is 4.79 Å². The predicted molar refractivity (Wildman–Crippen MR) is 117 cm³/mol. The van der Waals surface area contributed by atoms with E-state index in [1.54, 1.807) is 48.7 Å². The molecule has 0 bridgehead atoms. The molecule has 31 heavy (non-hydrogen) atoms. The topological polar surface area (TPSA) is 94.1 Å². The van der Waals surface area contributed by atoms with E-state index in [1.807, 2.05) is 6.08 Å². The summed E-state index contributed by atoms with van der Waals surface area (Å²) in [5.41, 5.74) is 0.778. The van der Waals surface area contributed by atoms with Gasteiger partial charge in [0.1, 0.15) is 12.4 Å². The maximum Gasteiger partial charge on any atom is 0.348 e. The summed E-state index contributed by atoms with van der Waals surface area (Å²) in [5, 5.41) is 11.9. The molecule has 0 saturated heterocycles. The van der Waals surface area contributed by atoms with Gasteiger partial charge in [-0.2, -0.15) is 0 Å². The van der Waals surface area contributed by atoms with Crippen LogP contribution in [0.3, 0.4) is 0 Å². The minimum atomic E-state index is -1.13. The molecular formula is C24H27NO6. The molecule has 2 aromatic rings. The predicted octanol–water partition coefficient (Wildman–Crippen LogP) is 5.03. The third kappa shape index (κ3) is 6.25. The van der Waals surface area contributed by atoms with Crippen LogP contribution >= 0.6 is 0 Å². The number of nitrogens with one attached hydrogen (secondary N) is 1. The highest BCUT2D eigenvalue weighted by molar-refractivity contribution is 6.05. The number of carboxylic acid groups (broad SMARTS) is 1. The summed E-state index contributed by atoms with van der Waals surface area (Å²) in [6.45, 7) is 2.10. The van der Waals surface area contributed by atoms with Gasteiger partial charge in [-0.3, -0.25) is 4.79 Å². The number of benzene rings is 2. The van der Waals surface area contributed by atoms with Gasteiger partial charge in [0, 0.05) is 5.56 Å². The number of aliphatic carboxylic acids is 1. The van der Waals surface area contributed by atoms with Crippen LogP contribution in [-0.2, 0) is 4.79 Å². The molecule has 0 radical (unpaired) electrons. The number of carbonyl (C=O) groups is 2. The number of hydrogen-bond acceptors (Lipinski definition) is 5. The van der Waals surface area contributed by atoms with E-state index in [0.717, 1.165) is 12.8 Å². The number of ether oxygens (including phenoxy) is 3. The van der Waals surface area contributed by atoms with Crippen LogP contribution in [0.4, 0.5) is 5.69 Å². The van der Waals surface area contributed by atoms with E-state index >= 15 is 0 Å². The fourth-order valence-electron chi connectivity index (χ4n) is 3.08. The summed E-state index contributed by atoms with van der Waals surface area (Å²) in [6, 6.07) is 11.7. The van der Waals surface area contributed by atoms with Gasteiger partial charge in [0.05, 0.1) is 11.9 Å². The van der Waals surface area contributed by atoms with Gasteiger partial charge in [-0.15, -0.1) is 0 Å². The Hall–Kier alpha value is -3.48. The van der Waals surface area contributed by atoms with E-state index in [-0.39, 0.29) is 18.3 Å². The van der Waals surface area contributed by atoms with E-state index in [1.165, 1.54) is 19.3 Å². The van der Waals surface area contributed by atoms with Crippen molar-refractivity contribution < 1.29 is 28.9 Å². The zero-order valence-electron chi connectivity index (χ0n) is 17.5. The Kier molecular flexibility index (Phi) is 7.92. The normalized spacial score (nSPS) is 14.9. The van der Waals surface area contributed by atoms with Crippen molar-refractivity contribution in [2.24, 2.45) is 0 Å². The Bertz CT molecular complexity index is 922. The van der Waals surface area contributed by atoms with Crippen molar-refractivity contribution in [1.29, 1.82) is 0 Å². The molecule has 0 spiro atoms. The van der Waals surface area contributed by atoms with Gasteiger partial charge in [-0.05, 0) is 55.3 Å². The minimum absolute atomic E-state index is 0.0889. The smallest absolute Gasteiger partial charge is 0.348 e. The molecule has 7 nitrogen and oxygen atoms in total. The van der Waals surface area contributed by atoms with Crippen molar-refractivity contribution in [1.82, 2.24) is 0 Å². The van der Waals surface area contributed by atoms with Crippen LogP contribution in [-0.4, -0.2) is 29.7 Å². The number of carbonyl (C=O) groups excluding carboxylic acids is 1. The second-order valence-electron chi connectivity index (χ2n) is 7.21. The van der Waals surface area contributed by atoms with Gasteiger partial charge in [-0.1, -0.05) is 32.3 Å². The molecule has 2 N–H and O–H groups in total. The fourth-order valence-corrected chi connectivity index (χ4v) is 3.08. The van der Waals surface area contributed by atoms with Gasteiger partial charge >= 0.3 is 5.97 Å². The average molecular weight is 425 g/mol. The van der Waals surface area contributed by atoms with Gasteiger partial charge in [0.15, 0.2) is 11.5 Å². The molecule has 0 aromatic heterocycles. The Morgan fingerprint density at radius 2 is 1.97 bits per heavy atom. The summed E-state index contributed by atoms with van der Waals surface area (Å²) in [7, 11) is 0. The summed E-state index contributed by atoms with van der Waals surface area (Å²) in [5.74, 6) is -0.247. The summed E-state index contributed by atoms with van der Waals surface area (Å²) < 4.78 is 16.5. The lowest BCUT2D eigenvalue weighted by Gasteiger charge is -2.25. The Balaban J connectivity index is 1.57. The Labute approximate surface area is 181 Å². The van der Waals surface area contributed by atoms with Crippen molar-refractivity contribution in [3.63, 3.8) is 0 Å². The van der Waals surface area contributed by atoms with E-state index in [4.69, 9.17) is 19.3 Å². The molecule has 1 aliphatic rings. The number of unbranched alkanes of at least 4 members (excludes halogenated alkanes) is 4. The van der Waals surface area contributed by atoms with Gasteiger partial charge in [0.25, 0.3) is 5.91 Å². The molecule has 7 heteroatoms. The van der Waals surface area contributed by atoms with Gasteiger partial charge in [0.2, 0.25) is 6.10 Å². The number of rotatable bonds is 10. The molecule has 1 unspecified atom stereocenters. The molecule has 0 aliphatic carbocycles. The highest BCUT2D eigenvalue weighted by Gasteiger charge is 2.29. The number of anilines is 1. The maximum absolute atomic E-state index is 12.6. The third-order valence-electron chi connectivity index (χ3n) is 4.79. The quantitative estimate of drug-likeness (QED) is 0.410. The van der Waals surface area contributed by atoms with E-state index in [9.17, 15) is 9.59 Å². The zero-order valence-corrected chi connectivity index (χ0v) is 17.5. The SMILES string of the molecule is CCCCCCC=COc1ccc(C(=O)Nc2cccc3c2OC(C(=O)O)CO3)cc1. The van der Waals surface area contributed by atoms with Crippen molar-refractivity contribution >= 4 is 17.6 Å².